The molecule has 28 heavy (non-hydrogen) atoms. The van der Waals surface area contributed by atoms with E-state index in [0.29, 0.717) is 34.6 Å². The van der Waals surface area contributed by atoms with Crippen molar-refractivity contribution in [2.24, 2.45) is 5.92 Å². The van der Waals surface area contributed by atoms with Crippen molar-refractivity contribution in [1.82, 2.24) is 4.90 Å². The highest BCUT2D eigenvalue weighted by atomic mass is 35.5. The van der Waals surface area contributed by atoms with Crippen molar-refractivity contribution in [3.63, 3.8) is 0 Å². The molecule has 2 aromatic rings. The van der Waals surface area contributed by atoms with E-state index in [-0.39, 0.29) is 36.6 Å². The van der Waals surface area contributed by atoms with Gasteiger partial charge in [0, 0.05) is 24.7 Å². The number of likely N-dealkylation sites (tertiary alicyclic amines) is 1. The summed E-state index contributed by atoms with van der Waals surface area (Å²) in [5, 5.41) is 3.17. The number of amides is 2. The Labute approximate surface area is 167 Å². The highest BCUT2D eigenvalue weighted by molar-refractivity contribution is 6.32. The fourth-order valence-electron chi connectivity index (χ4n) is 3.37. The lowest BCUT2D eigenvalue weighted by Gasteiger charge is -2.15. The molecule has 146 valence electrons. The zero-order chi connectivity index (χ0) is 19.7. The number of nitrogens with one attached hydrogen (secondary N) is 1. The number of hydrogen-bond acceptors (Lipinski definition) is 3. The molecule has 2 aliphatic rings. The molecule has 1 saturated heterocycles. The average molecular weight is 403 g/mol. The summed E-state index contributed by atoms with van der Waals surface area (Å²) in [6, 6.07) is 11.4. The Morgan fingerprint density at radius 1 is 1.25 bits per heavy atom. The largest absolute Gasteiger partial charge is 0.487 e. The summed E-state index contributed by atoms with van der Waals surface area (Å²) in [5.41, 5.74) is 1.24. The van der Waals surface area contributed by atoms with Gasteiger partial charge in [0.15, 0.2) is 0 Å². The SMILES string of the molecule is O=C(Nc1ccc(OCc2cccc(F)c2)c(Cl)c1)[C@H]1CC(=O)N(C2CC2)C1. The number of nitrogens with zero attached hydrogens (tertiary/aromatic N) is 1. The van der Waals surface area contributed by atoms with Crippen molar-refractivity contribution < 1.29 is 18.7 Å². The summed E-state index contributed by atoms with van der Waals surface area (Å²) < 4.78 is 18.9. The molecule has 7 heteroatoms. The van der Waals surface area contributed by atoms with E-state index < -0.39 is 0 Å². The third-order valence-corrected chi connectivity index (χ3v) is 5.30. The predicted molar refractivity (Wildman–Crippen MR) is 104 cm³/mol. The third kappa shape index (κ3) is 4.28. The van der Waals surface area contributed by atoms with E-state index in [1.165, 1.54) is 12.1 Å². The average Bonchev–Trinajstić information content (AvgIpc) is 3.43. The number of hydrogen-bond donors (Lipinski definition) is 1. The molecule has 5 nitrogen and oxygen atoms in total. The summed E-state index contributed by atoms with van der Waals surface area (Å²) in [6.07, 6.45) is 2.32. The van der Waals surface area contributed by atoms with Crippen molar-refractivity contribution in [2.75, 3.05) is 11.9 Å². The molecular formula is C21H20ClFN2O3. The number of benzene rings is 2. The maximum atomic E-state index is 13.2. The fourth-order valence-corrected chi connectivity index (χ4v) is 3.61. The van der Waals surface area contributed by atoms with Crippen LogP contribution in [0.1, 0.15) is 24.8 Å². The lowest BCUT2D eigenvalue weighted by molar-refractivity contribution is -0.128. The summed E-state index contributed by atoms with van der Waals surface area (Å²) in [6.45, 7) is 0.669. The molecule has 2 amide bonds. The van der Waals surface area contributed by atoms with Crippen molar-refractivity contribution in [3.05, 3.63) is 58.9 Å². The molecule has 1 atom stereocenters. The summed E-state index contributed by atoms with van der Waals surface area (Å²) in [7, 11) is 0. The molecular weight excluding hydrogens is 383 g/mol. The molecule has 2 fully saturated rings. The van der Waals surface area contributed by atoms with Crippen LogP contribution in [-0.4, -0.2) is 29.3 Å². The van der Waals surface area contributed by atoms with Crippen LogP contribution in [0.3, 0.4) is 0 Å². The minimum absolute atomic E-state index is 0.0572. The minimum Gasteiger partial charge on any atom is -0.487 e. The molecule has 4 rings (SSSR count). The normalized spacial score (nSPS) is 19.0. The molecule has 0 unspecified atom stereocenters. The highest BCUT2D eigenvalue weighted by Gasteiger charge is 2.41. The molecule has 1 aliphatic carbocycles. The van der Waals surface area contributed by atoms with Gasteiger partial charge >= 0.3 is 0 Å². The second-order valence-electron chi connectivity index (χ2n) is 7.23. The van der Waals surface area contributed by atoms with Gasteiger partial charge in [0.2, 0.25) is 11.8 Å². The van der Waals surface area contributed by atoms with Crippen molar-refractivity contribution >= 4 is 29.1 Å². The smallest absolute Gasteiger partial charge is 0.229 e. The number of carbonyl (C=O) groups excluding carboxylic acids is 2. The molecule has 1 heterocycles. The molecule has 0 aromatic heterocycles. The lowest BCUT2D eigenvalue weighted by atomic mass is 10.1. The first-order valence-corrected chi connectivity index (χ1v) is 9.64. The van der Waals surface area contributed by atoms with Crippen LogP contribution in [-0.2, 0) is 16.2 Å². The van der Waals surface area contributed by atoms with E-state index in [2.05, 4.69) is 5.32 Å². The molecule has 1 aliphatic heterocycles. The highest BCUT2D eigenvalue weighted by Crippen LogP contribution is 2.33. The van der Waals surface area contributed by atoms with Gasteiger partial charge in [-0.05, 0) is 48.7 Å². The van der Waals surface area contributed by atoms with Crippen LogP contribution < -0.4 is 10.1 Å². The molecule has 0 spiro atoms. The summed E-state index contributed by atoms with van der Waals surface area (Å²) in [5.74, 6) is -0.339. The van der Waals surface area contributed by atoms with Gasteiger partial charge in [-0.1, -0.05) is 23.7 Å². The predicted octanol–water partition coefficient (Wildman–Crippen LogP) is 4.01. The molecule has 0 radical (unpaired) electrons. The Balaban J connectivity index is 1.35. The van der Waals surface area contributed by atoms with Crippen LogP contribution in [0.2, 0.25) is 5.02 Å². The zero-order valence-electron chi connectivity index (χ0n) is 15.2. The van der Waals surface area contributed by atoms with Gasteiger partial charge in [-0.15, -0.1) is 0 Å². The second kappa shape index (κ2) is 7.80. The molecule has 0 bridgehead atoms. The third-order valence-electron chi connectivity index (χ3n) is 5.00. The van der Waals surface area contributed by atoms with Gasteiger partial charge < -0.3 is 15.0 Å². The van der Waals surface area contributed by atoms with Gasteiger partial charge in [0.05, 0.1) is 10.9 Å². The van der Waals surface area contributed by atoms with Gasteiger partial charge in [-0.25, -0.2) is 4.39 Å². The van der Waals surface area contributed by atoms with Crippen molar-refractivity contribution in [2.45, 2.75) is 31.9 Å². The Kier molecular flexibility index (Phi) is 5.22. The first kappa shape index (κ1) is 18.7. The first-order chi connectivity index (χ1) is 13.5. The summed E-state index contributed by atoms with van der Waals surface area (Å²) in [4.78, 5) is 26.3. The maximum Gasteiger partial charge on any atom is 0.229 e. The Morgan fingerprint density at radius 3 is 2.79 bits per heavy atom. The number of carbonyl (C=O) groups is 2. The van der Waals surface area contributed by atoms with E-state index in [1.807, 2.05) is 4.90 Å². The number of halogens is 2. The van der Waals surface area contributed by atoms with Crippen molar-refractivity contribution in [1.29, 1.82) is 0 Å². The Bertz CT molecular complexity index is 916. The van der Waals surface area contributed by atoms with Crippen LogP contribution in [0.4, 0.5) is 10.1 Å². The number of rotatable bonds is 6. The van der Waals surface area contributed by atoms with E-state index in [4.69, 9.17) is 16.3 Å². The van der Waals surface area contributed by atoms with Gasteiger partial charge in [0.25, 0.3) is 0 Å². The first-order valence-electron chi connectivity index (χ1n) is 9.27. The summed E-state index contributed by atoms with van der Waals surface area (Å²) >= 11 is 6.25. The van der Waals surface area contributed by atoms with Crippen LogP contribution in [0.15, 0.2) is 42.5 Å². The monoisotopic (exact) mass is 402 g/mol. The van der Waals surface area contributed by atoms with Crippen LogP contribution in [0.25, 0.3) is 0 Å². The van der Waals surface area contributed by atoms with E-state index >= 15 is 0 Å². The second-order valence-corrected chi connectivity index (χ2v) is 7.64. The van der Waals surface area contributed by atoms with Gasteiger partial charge in [-0.3, -0.25) is 9.59 Å². The number of ether oxygens (including phenoxy) is 1. The zero-order valence-corrected chi connectivity index (χ0v) is 15.9. The van der Waals surface area contributed by atoms with E-state index in [1.54, 1.807) is 30.3 Å². The Hall–Kier alpha value is -2.60. The van der Waals surface area contributed by atoms with Gasteiger partial charge in [-0.2, -0.15) is 0 Å². The van der Waals surface area contributed by atoms with Crippen LogP contribution in [0.5, 0.6) is 5.75 Å². The van der Waals surface area contributed by atoms with Crippen LogP contribution in [0, 0.1) is 11.7 Å². The molecule has 1 N–H and O–H groups in total. The Morgan fingerprint density at radius 2 is 2.07 bits per heavy atom. The maximum absolute atomic E-state index is 13.2. The van der Waals surface area contributed by atoms with Gasteiger partial charge in [0.1, 0.15) is 18.2 Å². The number of anilines is 1. The van der Waals surface area contributed by atoms with E-state index in [0.717, 1.165) is 12.8 Å². The van der Waals surface area contributed by atoms with E-state index in [9.17, 15) is 14.0 Å². The standard InChI is InChI=1S/C21H20ClFN2O3/c22-18-10-16(4-7-19(18)28-12-13-2-1-3-15(23)8-13)24-21(27)14-9-20(26)25(11-14)17-5-6-17/h1-4,7-8,10,14,17H,5-6,9,11-12H2,(H,24,27)/t14-/m0/s1. The molecule has 2 aromatic carbocycles. The van der Waals surface area contributed by atoms with Crippen LogP contribution >= 0.6 is 11.6 Å². The lowest BCUT2D eigenvalue weighted by Crippen LogP contribution is -2.29. The topological polar surface area (TPSA) is 58.6 Å². The fraction of sp³-hybridized carbons (Fsp3) is 0.333. The minimum atomic E-state index is -0.337. The molecule has 1 saturated carbocycles. The van der Waals surface area contributed by atoms with Crippen molar-refractivity contribution in [3.8, 4) is 5.75 Å². The quantitative estimate of drug-likeness (QED) is 0.794.